The lowest BCUT2D eigenvalue weighted by atomic mass is 9.97. The van der Waals surface area contributed by atoms with E-state index in [2.05, 4.69) is 48.2 Å². The van der Waals surface area contributed by atoms with Crippen LogP contribution in [0.2, 0.25) is 0 Å². The quantitative estimate of drug-likeness (QED) is 0.901. The molecule has 3 heteroatoms. The lowest BCUT2D eigenvalue weighted by Gasteiger charge is -2.16. The summed E-state index contributed by atoms with van der Waals surface area (Å²) in [6.07, 6.45) is 3.30. The van der Waals surface area contributed by atoms with Crippen LogP contribution in [0.25, 0.3) is 0 Å². The van der Waals surface area contributed by atoms with Crippen molar-refractivity contribution in [3.8, 4) is 5.75 Å². The molecule has 1 unspecified atom stereocenters. The second-order valence-corrected chi connectivity index (χ2v) is 6.17. The van der Waals surface area contributed by atoms with Gasteiger partial charge in [0.15, 0.2) is 0 Å². The maximum absolute atomic E-state index is 5.56. The zero-order valence-electron chi connectivity index (χ0n) is 12.1. The Balaban J connectivity index is 1.68. The van der Waals surface area contributed by atoms with Crippen molar-refractivity contribution in [1.29, 1.82) is 0 Å². The first-order chi connectivity index (χ1) is 9.78. The van der Waals surface area contributed by atoms with Gasteiger partial charge in [0.25, 0.3) is 0 Å². The number of rotatable bonds is 5. The Bertz CT molecular complexity index is 590. The second kappa shape index (κ2) is 5.98. The molecule has 0 spiro atoms. The van der Waals surface area contributed by atoms with Crippen molar-refractivity contribution in [2.24, 2.45) is 0 Å². The fraction of sp³-hybridized carbons (Fsp3) is 0.412. The third kappa shape index (κ3) is 2.74. The highest BCUT2D eigenvalue weighted by Gasteiger charge is 2.15. The average Bonchev–Trinajstić information content (AvgIpc) is 3.08. The van der Waals surface area contributed by atoms with Gasteiger partial charge in [-0.3, -0.25) is 0 Å². The van der Waals surface area contributed by atoms with Gasteiger partial charge in [0, 0.05) is 12.5 Å². The number of thiophene rings is 1. The van der Waals surface area contributed by atoms with Gasteiger partial charge in [-0.2, -0.15) is 11.3 Å². The molecule has 0 fully saturated rings. The first kappa shape index (κ1) is 13.7. The van der Waals surface area contributed by atoms with Crippen LogP contribution in [0, 0.1) is 6.92 Å². The molecule has 20 heavy (non-hydrogen) atoms. The molecule has 1 aromatic carbocycles. The summed E-state index contributed by atoms with van der Waals surface area (Å²) in [5.74, 6) is 1.08. The highest BCUT2D eigenvalue weighted by molar-refractivity contribution is 7.08. The molecule has 1 N–H and O–H groups in total. The molecule has 0 bridgehead atoms. The molecule has 2 heterocycles. The molecule has 2 nitrogen and oxygen atoms in total. The minimum Gasteiger partial charge on any atom is -0.493 e. The van der Waals surface area contributed by atoms with Crippen LogP contribution in [-0.4, -0.2) is 13.7 Å². The van der Waals surface area contributed by atoms with E-state index in [0.717, 1.165) is 31.6 Å². The monoisotopic (exact) mass is 287 g/mol. The van der Waals surface area contributed by atoms with Crippen molar-refractivity contribution in [2.45, 2.75) is 32.2 Å². The summed E-state index contributed by atoms with van der Waals surface area (Å²) >= 11 is 1.79. The van der Waals surface area contributed by atoms with Gasteiger partial charge < -0.3 is 10.1 Å². The summed E-state index contributed by atoms with van der Waals surface area (Å²) < 4.78 is 5.56. The van der Waals surface area contributed by atoms with Crippen LogP contribution in [0.1, 0.15) is 34.7 Å². The SMILES string of the molecule is CNC(CCc1ccc2c(c1)CCO2)c1cscc1C. The van der Waals surface area contributed by atoms with E-state index >= 15 is 0 Å². The van der Waals surface area contributed by atoms with Gasteiger partial charge in [-0.25, -0.2) is 0 Å². The van der Waals surface area contributed by atoms with E-state index in [1.165, 1.54) is 22.3 Å². The van der Waals surface area contributed by atoms with Crippen LogP contribution < -0.4 is 10.1 Å². The van der Waals surface area contributed by atoms with Crippen LogP contribution in [0.15, 0.2) is 29.0 Å². The van der Waals surface area contributed by atoms with Crippen molar-refractivity contribution >= 4 is 11.3 Å². The minimum absolute atomic E-state index is 0.450. The predicted molar refractivity (Wildman–Crippen MR) is 84.8 cm³/mol. The molecule has 1 aliphatic rings. The van der Waals surface area contributed by atoms with Crippen molar-refractivity contribution in [2.75, 3.05) is 13.7 Å². The van der Waals surface area contributed by atoms with Gasteiger partial charge >= 0.3 is 0 Å². The maximum Gasteiger partial charge on any atom is 0.122 e. The molecular formula is C17H21NOS. The number of nitrogens with one attached hydrogen (secondary N) is 1. The first-order valence-electron chi connectivity index (χ1n) is 7.22. The van der Waals surface area contributed by atoms with Crippen LogP contribution in [0.3, 0.4) is 0 Å². The highest BCUT2D eigenvalue weighted by Crippen LogP contribution is 2.28. The van der Waals surface area contributed by atoms with E-state index < -0.39 is 0 Å². The molecule has 0 saturated heterocycles. The number of aryl methyl sites for hydroxylation is 2. The van der Waals surface area contributed by atoms with E-state index in [1.54, 1.807) is 11.3 Å². The zero-order chi connectivity index (χ0) is 13.9. The Morgan fingerprint density at radius 3 is 3.00 bits per heavy atom. The average molecular weight is 287 g/mol. The van der Waals surface area contributed by atoms with Gasteiger partial charge in [-0.05, 0) is 65.9 Å². The summed E-state index contributed by atoms with van der Waals surface area (Å²) in [6, 6.07) is 7.10. The van der Waals surface area contributed by atoms with Crippen LogP contribution in [0.4, 0.5) is 0 Å². The third-order valence-corrected chi connectivity index (χ3v) is 4.97. The minimum atomic E-state index is 0.450. The lowest BCUT2D eigenvalue weighted by Crippen LogP contribution is -2.17. The highest BCUT2D eigenvalue weighted by atomic mass is 32.1. The van der Waals surface area contributed by atoms with E-state index in [0.29, 0.717) is 6.04 Å². The Labute approximate surface area is 124 Å². The van der Waals surface area contributed by atoms with E-state index in [4.69, 9.17) is 4.74 Å². The molecule has 0 radical (unpaired) electrons. The molecule has 106 valence electrons. The number of fused-ring (bicyclic) bond motifs is 1. The summed E-state index contributed by atoms with van der Waals surface area (Å²) in [4.78, 5) is 0. The molecule has 1 aromatic heterocycles. The normalized spacial score (nSPS) is 14.9. The molecule has 1 aliphatic heterocycles. The third-order valence-electron chi connectivity index (χ3n) is 4.09. The van der Waals surface area contributed by atoms with Crippen LogP contribution >= 0.6 is 11.3 Å². The largest absolute Gasteiger partial charge is 0.493 e. The van der Waals surface area contributed by atoms with Gasteiger partial charge in [-0.15, -0.1) is 0 Å². The zero-order valence-corrected chi connectivity index (χ0v) is 12.9. The second-order valence-electron chi connectivity index (χ2n) is 5.43. The number of benzene rings is 1. The standard InChI is InChI=1S/C17H21NOS/c1-12-10-20-11-15(12)16(18-2)5-3-13-4-6-17-14(9-13)7-8-19-17/h4,6,9-11,16,18H,3,5,7-8H2,1-2H3. The Kier molecular flexibility index (Phi) is 4.08. The van der Waals surface area contributed by atoms with Gasteiger partial charge in [0.05, 0.1) is 6.61 Å². The number of ether oxygens (including phenoxy) is 1. The first-order valence-corrected chi connectivity index (χ1v) is 8.17. The van der Waals surface area contributed by atoms with Gasteiger partial charge in [0.2, 0.25) is 0 Å². The van der Waals surface area contributed by atoms with Crippen molar-refractivity contribution in [3.05, 3.63) is 51.2 Å². The summed E-state index contributed by atoms with van der Waals surface area (Å²) in [5.41, 5.74) is 5.64. The molecule has 1 atom stereocenters. The molecule has 2 aromatic rings. The Morgan fingerprint density at radius 2 is 2.25 bits per heavy atom. The van der Waals surface area contributed by atoms with E-state index in [-0.39, 0.29) is 0 Å². The molecular weight excluding hydrogens is 266 g/mol. The topological polar surface area (TPSA) is 21.3 Å². The maximum atomic E-state index is 5.56. The van der Waals surface area contributed by atoms with Crippen LogP contribution in [0.5, 0.6) is 5.75 Å². The Hall–Kier alpha value is -1.32. The summed E-state index contributed by atoms with van der Waals surface area (Å²) in [6.45, 7) is 3.04. The lowest BCUT2D eigenvalue weighted by molar-refractivity contribution is 0.357. The number of hydrogen-bond acceptors (Lipinski definition) is 3. The fourth-order valence-electron chi connectivity index (χ4n) is 2.89. The van der Waals surface area contributed by atoms with Crippen molar-refractivity contribution in [3.63, 3.8) is 0 Å². The van der Waals surface area contributed by atoms with Gasteiger partial charge in [-0.1, -0.05) is 12.1 Å². The summed E-state index contributed by atoms with van der Waals surface area (Å²) in [5, 5.41) is 7.95. The van der Waals surface area contributed by atoms with Crippen LogP contribution in [-0.2, 0) is 12.8 Å². The van der Waals surface area contributed by atoms with E-state index in [9.17, 15) is 0 Å². The summed E-state index contributed by atoms with van der Waals surface area (Å²) in [7, 11) is 2.05. The van der Waals surface area contributed by atoms with E-state index in [1.807, 2.05) is 0 Å². The predicted octanol–water partition coefficient (Wildman–Crippen LogP) is 3.88. The fourth-order valence-corrected chi connectivity index (χ4v) is 3.79. The smallest absolute Gasteiger partial charge is 0.122 e. The van der Waals surface area contributed by atoms with Crippen molar-refractivity contribution < 1.29 is 4.74 Å². The molecule has 3 rings (SSSR count). The molecule has 0 amide bonds. The van der Waals surface area contributed by atoms with Gasteiger partial charge in [0.1, 0.15) is 5.75 Å². The number of hydrogen-bond donors (Lipinski definition) is 1. The Morgan fingerprint density at radius 1 is 1.35 bits per heavy atom. The van der Waals surface area contributed by atoms with Crippen molar-refractivity contribution in [1.82, 2.24) is 5.32 Å². The molecule has 0 saturated carbocycles. The molecule has 0 aliphatic carbocycles.